The highest BCUT2D eigenvalue weighted by Gasteiger charge is 2.31. The van der Waals surface area contributed by atoms with Gasteiger partial charge in [0.05, 0.1) is 4.91 Å². The van der Waals surface area contributed by atoms with Gasteiger partial charge in [-0.05, 0) is 23.1 Å². The van der Waals surface area contributed by atoms with Crippen molar-refractivity contribution >= 4 is 46.2 Å². The molecule has 0 radical (unpaired) electrons. The Kier molecular flexibility index (Phi) is 6.96. The maximum atomic E-state index is 12.5. The lowest BCUT2D eigenvalue weighted by Crippen LogP contribution is -2.33. The van der Waals surface area contributed by atoms with Gasteiger partial charge in [-0.25, -0.2) is 0 Å². The minimum absolute atomic E-state index is 0.123. The molecule has 0 atom stereocenters. The highest BCUT2D eigenvalue weighted by molar-refractivity contribution is 8.26. The maximum absolute atomic E-state index is 12.5. The summed E-state index contributed by atoms with van der Waals surface area (Å²) in [5.74, 6) is 0.209. The van der Waals surface area contributed by atoms with Crippen molar-refractivity contribution in [2.45, 2.75) is 26.2 Å². The molecule has 0 saturated carbocycles. The lowest BCUT2D eigenvalue weighted by Gasteiger charge is -2.13. The molecule has 1 heterocycles. The Hall–Kier alpha value is -1.92. The number of amides is 2. The van der Waals surface area contributed by atoms with Gasteiger partial charge in [-0.15, -0.1) is 6.58 Å². The molecule has 1 aliphatic heterocycles. The van der Waals surface area contributed by atoms with Gasteiger partial charge in [0.2, 0.25) is 5.91 Å². The third kappa shape index (κ3) is 5.28. The number of thiocarbonyl (C=S) groups is 1. The van der Waals surface area contributed by atoms with E-state index in [0.29, 0.717) is 21.7 Å². The van der Waals surface area contributed by atoms with Crippen LogP contribution in [0, 0.1) is 0 Å². The van der Waals surface area contributed by atoms with Crippen LogP contribution in [0.1, 0.15) is 37.3 Å². The van der Waals surface area contributed by atoms with Gasteiger partial charge in [-0.1, -0.05) is 68.2 Å². The van der Waals surface area contributed by atoms with Crippen molar-refractivity contribution in [3.63, 3.8) is 0 Å². The molecule has 0 aliphatic carbocycles. The molecule has 0 spiro atoms. The number of nitrogens with zero attached hydrogens (tertiary/aromatic N) is 1. The number of carbonyl (C=O) groups is 2. The molecule has 1 aliphatic rings. The Morgan fingerprint density at radius 3 is 2.64 bits per heavy atom. The average Bonchev–Trinajstić information content (AvgIpc) is 2.85. The van der Waals surface area contributed by atoms with Crippen molar-refractivity contribution in [1.82, 2.24) is 10.2 Å². The summed E-state index contributed by atoms with van der Waals surface area (Å²) >= 11 is 6.56. The van der Waals surface area contributed by atoms with Crippen LogP contribution in [-0.2, 0) is 9.59 Å². The first-order chi connectivity index (χ1) is 11.9. The zero-order valence-electron chi connectivity index (χ0n) is 14.5. The van der Waals surface area contributed by atoms with E-state index in [1.807, 2.05) is 18.2 Å². The van der Waals surface area contributed by atoms with Gasteiger partial charge in [0.1, 0.15) is 4.32 Å². The number of carbonyl (C=O) groups excluding carboxylic acids is 2. The van der Waals surface area contributed by atoms with Crippen LogP contribution in [0.4, 0.5) is 0 Å². The molecule has 0 unspecified atom stereocenters. The summed E-state index contributed by atoms with van der Waals surface area (Å²) in [6, 6.07) is 8.15. The Bertz CT molecular complexity index is 709. The monoisotopic (exact) mass is 374 g/mol. The van der Waals surface area contributed by atoms with Crippen molar-refractivity contribution in [2.75, 3.05) is 13.1 Å². The van der Waals surface area contributed by atoms with E-state index in [2.05, 4.69) is 37.9 Å². The van der Waals surface area contributed by atoms with Crippen molar-refractivity contribution in [3.8, 4) is 0 Å². The summed E-state index contributed by atoms with van der Waals surface area (Å²) < 4.78 is 0.492. The zero-order chi connectivity index (χ0) is 18.4. The Morgan fingerprint density at radius 2 is 2.04 bits per heavy atom. The number of benzene rings is 1. The van der Waals surface area contributed by atoms with E-state index in [1.165, 1.54) is 22.2 Å². The van der Waals surface area contributed by atoms with Gasteiger partial charge in [0, 0.05) is 19.5 Å². The first-order valence-corrected chi connectivity index (χ1v) is 9.37. The summed E-state index contributed by atoms with van der Waals surface area (Å²) in [4.78, 5) is 26.3. The molecule has 0 aromatic heterocycles. The fourth-order valence-corrected chi connectivity index (χ4v) is 3.62. The van der Waals surface area contributed by atoms with Crippen LogP contribution in [-0.4, -0.2) is 34.1 Å². The first-order valence-electron chi connectivity index (χ1n) is 8.15. The van der Waals surface area contributed by atoms with Gasteiger partial charge in [0.15, 0.2) is 0 Å². The van der Waals surface area contributed by atoms with Crippen molar-refractivity contribution in [3.05, 3.63) is 53.0 Å². The molecule has 2 rings (SSSR count). The van der Waals surface area contributed by atoms with E-state index in [4.69, 9.17) is 12.2 Å². The standard InChI is InChI=1S/C19H22N2O2S2/c1-4-10-20-17(22)9-11-21-18(23)16(25-19(21)24)12-14-5-7-15(8-6-14)13(2)3/h4-8,12-13H,1,9-11H2,2-3H3,(H,20,22). The van der Waals surface area contributed by atoms with E-state index in [1.54, 1.807) is 6.08 Å². The average molecular weight is 375 g/mol. The van der Waals surface area contributed by atoms with Gasteiger partial charge in [-0.2, -0.15) is 0 Å². The predicted molar refractivity (Wildman–Crippen MR) is 108 cm³/mol. The third-order valence-electron chi connectivity index (χ3n) is 3.78. The maximum Gasteiger partial charge on any atom is 0.266 e. The van der Waals surface area contributed by atoms with Crippen molar-refractivity contribution in [2.24, 2.45) is 0 Å². The van der Waals surface area contributed by atoms with Gasteiger partial charge < -0.3 is 5.32 Å². The number of hydrogen-bond donors (Lipinski definition) is 1. The highest BCUT2D eigenvalue weighted by Crippen LogP contribution is 2.32. The largest absolute Gasteiger partial charge is 0.353 e. The van der Waals surface area contributed by atoms with Crippen LogP contribution in [0.3, 0.4) is 0 Å². The summed E-state index contributed by atoms with van der Waals surface area (Å²) in [6.45, 7) is 8.55. The topological polar surface area (TPSA) is 49.4 Å². The molecule has 6 heteroatoms. The van der Waals surface area contributed by atoms with Crippen molar-refractivity contribution in [1.29, 1.82) is 0 Å². The van der Waals surface area contributed by atoms with Gasteiger partial charge >= 0.3 is 0 Å². The van der Waals surface area contributed by atoms with Crippen LogP contribution < -0.4 is 5.32 Å². The minimum Gasteiger partial charge on any atom is -0.353 e. The molecule has 1 fully saturated rings. The second-order valence-corrected chi connectivity index (χ2v) is 7.67. The fraction of sp³-hybridized carbons (Fsp3) is 0.316. The van der Waals surface area contributed by atoms with Crippen molar-refractivity contribution < 1.29 is 9.59 Å². The second-order valence-electron chi connectivity index (χ2n) is 6.00. The quantitative estimate of drug-likeness (QED) is 0.449. The van der Waals surface area contributed by atoms with Crippen LogP contribution in [0.15, 0.2) is 41.8 Å². The Balaban J connectivity index is 2.02. The van der Waals surface area contributed by atoms with E-state index in [0.717, 1.165) is 5.56 Å². The normalized spacial score (nSPS) is 16.0. The molecular formula is C19H22N2O2S2. The number of rotatable bonds is 7. The molecule has 1 aromatic carbocycles. The third-order valence-corrected chi connectivity index (χ3v) is 5.16. The summed E-state index contributed by atoms with van der Waals surface area (Å²) in [7, 11) is 0. The molecular weight excluding hydrogens is 352 g/mol. The molecule has 25 heavy (non-hydrogen) atoms. The summed E-state index contributed by atoms with van der Waals surface area (Å²) in [6.07, 6.45) is 3.68. The Labute approximate surface area is 158 Å². The zero-order valence-corrected chi connectivity index (χ0v) is 16.1. The van der Waals surface area contributed by atoms with E-state index >= 15 is 0 Å². The van der Waals surface area contributed by atoms with Crippen LogP contribution in [0.25, 0.3) is 6.08 Å². The molecule has 1 aromatic rings. The summed E-state index contributed by atoms with van der Waals surface area (Å²) in [5, 5.41) is 2.69. The minimum atomic E-state index is -0.139. The van der Waals surface area contributed by atoms with Gasteiger partial charge in [0.25, 0.3) is 5.91 Å². The molecule has 4 nitrogen and oxygen atoms in total. The number of hydrogen-bond acceptors (Lipinski definition) is 4. The lowest BCUT2D eigenvalue weighted by atomic mass is 10.0. The molecule has 0 bridgehead atoms. The first kappa shape index (κ1) is 19.4. The van der Waals surface area contributed by atoms with Crippen LogP contribution >= 0.6 is 24.0 Å². The van der Waals surface area contributed by atoms with Crippen LogP contribution in [0.2, 0.25) is 0 Å². The van der Waals surface area contributed by atoms with E-state index in [-0.39, 0.29) is 24.8 Å². The molecule has 1 N–H and O–H groups in total. The summed E-state index contributed by atoms with van der Waals surface area (Å²) in [5.41, 5.74) is 2.23. The highest BCUT2D eigenvalue weighted by atomic mass is 32.2. The molecule has 2 amide bonds. The van der Waals surface area contributed by atoms with E-state index in [9.17, 15) is 9.59 Å². The van der Waals surface area contributed by atoms with Crippen LogP contribution in [0.5, 0.6) is 0 Å². The molecule has 132 valence electrons. The Morgan fingerprint density at radius 1 is 1.36 bits per heavy atom. The number of thioether (sulfide) groups is 1. The SMILES string of the molecule is C=CCNC(=O)CCN1C(=O)C(=Cc2ccc(C(C)C)cc2)SC1=S. The smallest absolute Gasteiger partial charge is 0.266 e. The fourth-order valence-electron chi connectivity index (χ4n) is 2.31. The van der Waals surface area contributed by atoms with Gasteiger partial charge in [-0.3, -0.25) is 14.5 Å². The second kappa shape index (κ2) is 8.97. The number of nitrogens with one attached hydrogen (secondary N) is 1. The lowest BCUT2D eigenvalue weighted by molar-refractivity contribution is -0.123. The van der Waals surface area contributed by atoms with E-state index < -0.39 is 0 Å². The molecule has 1 saturated heterocycles. The predicted octanol–water partition coefficient (Wildman–Crippen LogP) is 3.70.